The van der Waals surface area contributed by atoms with E-state index in [0.29, 0.717) is 6.07 Å². The predicted octanol–water partition coefficient (Wildman–Crippen LogP) is 1.57. The number of oxime groups is 1. The first-order valence-corrected chi connectivity index (χ1v) is 2.78. The highest BCUT2D eigenvalue weighted by molar-refractivity contribution is 5.79. The number of hydrogen-bond acceptors (Lipinski definition) is 2. The highest BCUT2D eigenvalue weighted by atomic mass is 19.1. The van der Waals surface area contributed by atoms with Gasteiger partial charge in [0.15, 0.2) is 0 Å². The van der Waals surface area contributed by atoms with Crippen molar-refractivity contribution < 1.29 is 14.0 Å². The van der Waals surface area contributed by atoms with Crippen LogP contribution in [0.4, 0.5) is 8.78 Å². The summed E-state index contributed by atoms with van der Waals surface area (Å²) in [5.74, 6) is -1.56. The molecule has 0 saturated carbocycles. The molecule has 0 aliphatic carbocycles. The molecular formula is C7H4F2NO. The van der Waals surface area contributed by atoms with Crippen LogP contribution >= 0.6 is 0 Å². The van der Waals surface area contributed by atoms with E-state index in [0.717, 1.165) is 12.3 Å². The molecule has 0 saturated heterocycles. The summed E-state index contributed by atoms with van der Waals surface area (Å²) in [5.41, 5.74) is -0.00565. The lowest BCUT2D eigenvalue weighted by molar-refractivity contribution is 0.321. The molecule has 1 N–H and O–H groups in total. The molecule has 1 rings (SSSR count). The standard InChI is InChI=1S/C7H4F2NO/c8-6-2-1-5(4-10-11)7(9)3-6/h1,3-4,11H/b10-4-. The zero-order valence-corrected chi connectivity index (χ0v) is 5.38. The molecule has 0 aromatic heterocycles. The van der Waals surface area contributed by atoms with E-state index in [4.69, 9.17) is 5.21 Å². The highest BCUT2D eigenvalue weighted by Gasteiger charge is 2.00. The van der Waals surface area contributed by atoms with Crippen molar-refractivity contribution in [2.75, 3.05) is 0 Å². The van der Waals surface area contributed by atoms with E-state index >= 15 is 0 Å². The Morgan fingerprint density at radius 2 is 2.27 bits per heavy atom. The van der Waals surface area contributed by atoms with Gasteiger partial charge in [-0.2, -0.15) is 0 Å². The van der Waals surface area contributed by atoms with Crippen molar-refractivity contribution in [2.45, 2.75) is 0 Å². The SMILES string of the molecule is O/N=C\c1c[c]c(F)cc1F. The van der Waals surface area contributed by atoms with Crippen LogP contribution in [0.5, 0.6) is 0 Å². The van der Waals surface area contributed by atoms with Crippen molar-refractivity contribution in [1.29, 1.82) is 0 Å². The molecular weight excluding hydrogens is 152 g/mol. The summed E-state index contributed by atoms with van der Waals surface area (Å²) in [6.45, 7) is 0. The van der Waals surface area contributed by atoms with E-state index in [1.165, 1.54) is 0 Å². The van der Waals surface area contributed by atoms with Crippen LogP contribution in [0.2, 0.25) is 0 Å². The molecule has 0 amide bonds. The van der Waals surface area contributed by atoms with Gasteiger partial charge in [0.1, 0.15) is 11.6 Å². The first-order valence-electron chi connectivity index (χ1n) is 2.78. The Balaban J connectivity index is 3.09. The third-order valence-electron chi connectivity index (χ3n) is 1.09. The second kappa shape index (κ2) is 3.09. The van der Waals surface area contributed by atoms with Crippen molar-refractivity contribution in [3.8, 4) is 0 Å². The van der Waals surface area contributed by atoms with Crippen LogP contribution in [-0.4, -0.2) is 11.4 Å². The van der Waals surface area contributed by atoms with Gasteiger partial charge in [-0.15, -0.1) is 0 Å². The molecule has 0 atom stereocenters. The molecule has 0 spiro atoms. The first kappa shape index (κ1) is 7.65. The molecule has 1 aromatic carbocycles. The molecule has 1 radical (unpaired) electrons. The van der Waals surface area contributed by atoms with Crippen LogP contribution in [0.15, 0.2) is 17.3 Å². The van der Waals surface area contributed by atoms with Gasteiger partial charge in [-0.3, -0.25) is 0 Å². The zero-order valence-electron chi connectivity index (χ0n) is 5.38. The van der Waals surface area contributed by atoms with Gasteiger partial charge < -0.3 is 5.21 Å². The predicted molar refractivity (Wildman–Crippen MR) is 34.6 cm³/mol. The summed E-state index contributed by atoms with van der Waals surface area (Å²) in [6.07, 6.45) is 0.866. The summed E-state index contributed by atoms with van der Waals surface area (Å²) in [6, 6.07) is 3.84. The Morgan fingerprint density at radius 1 is 1.55 bits per heavy atom. The van der Waals surface area contributed by atoms with Gasteiger partial charge in [-0.1, -0.05) is 5.16 Å². The topological polar surface area (TPSA) is 32.6 Å². The van der Waals surface area contributed by atoms with Gasteiger partial charge >= 0.3 is 0 Å². The molecule has 57 valence electrons. The molecule has 11 heavy (non-hydrogen) atoms. The van der Waals surface area contributed by atoms with Gasteiger partial charge in [-0.05, 0) is 6.07 Å². The Labute approximate surface area is 61.8 Å². The molecule has 2 nitrogen and oxygen atoms in total. The molecule has 0 heterocycles. The minimum atomic E-state index is -0.780. The third kappa shape index (κ3) is 1.73. The first-order chi connectivity index (χ1) is 5.24. The minimum Gasteiger partial charge on any atom is -0.411 e. The van der Waals surface area contributed by atoms with Crippen LogP contribution in [-0.2, 0) is 0 Å². The lowest BCUT2D eigenvalue weighted by Crippen LogP contribution is -1.89. The molecule has 0 unspecified atom stereocenters. The minimum absolute atomic E-state index is 0.00565. The van der Waals surface area contributed by atoms with Crippen molar-refractivity contribution in [1.82, 2.24) is 0 Å². The monoisotopic (exact) mass is 156 g/mol. The normalized spacial score (nSPS) is 10.7. The third-order valence-corrected chi connectivity index (χ3v) is 1.09. The second-order valence-corrected chi connectivity index (χ2v) is 1.83. The Morgan fingerprint density at radius 3 is 2.82 bits per heavy atom. The summed E-state index contributed by atoms with van der Waals surface area (Å²) in [7, 11) is 0. The number of halogens is 2. The summed E-state index contributed by atoms with van der Waals surface area (Å²) in [5, 5.41) is 10.6. The van der Waals surface area contributed by atoms with Gasteiger partial charge in [0.05, 0.1) is 6.21 Å². The molecule has 1 aromatic rings. The fraction of sp³-hybridized carbons (Fsp3) is 0. The van der Waals surface area contributed by atoms with E-state index < -0.39 is 11.6 Å². The van der Waals surface area contributed by atoms with Crippen LogP contribution in [0, 0.1) is 17.7 Å². The molecule has 4 heteroatoms. The average Bonchev–Trinajstić information content (AvgIpc) is 1.95. The maximum atomic E-state index is 12.6. The van der Waals surface area contributed by atoms with Crippen LogP contribution in [0.25, 0.3) is 0 Å². The van der Waals surface area contributed by atoms with Crippen molar-refractivity contribution in [3.63, 3.8) is 0 Å². The maximum absolute atomic E-state index is 12.6. The summed E-state index contributed by atoms with van der Waals surface area (Å²) < 4.78 is 24.8. The Bertz CT molecular complexity index is 286. The number of hydrogen-bond donors (Lipinski definition) is 1. The lowest BCUT2D eigenvalue weighted by atomic mass is 10.2. The van der Waals surface area contributed by atoms with Crippen LogP contribution in [0.1, 0.15) is 5.56 Å². The number of nitrogens with zero attached hydrogens (tertiary/aromatic N) is 1. The fourth-order valence-electron chi connectivity index (χ4n) is 0.613. The Kier molecular flexibility index (Phi) is 2.15. The average molecular weight is 156 g/mol. The van der Waals surface area contributed by atoms with Crippen LogP contribution < -0.4 is 0 Å². The Hall–Kier alpha value is -1.45. The van der Waals surface area contributed by atoms with E-state index in [2.05, 4.69) is 11.2 Å². The molecule has 0 fully saturated rings. The lowest BCUT2D eigenvalue weighted by Gasteiger charge is -1.92. The summed E-state index contributed by atoms with van der Waals surface area (Å²) >= 11 is 0. The van der Waals surface area contributed by atoms with Crippen molar-refractivity contribution in [3.05, 3.63) is 35.4 Å². The molecule has 0 bridgehead atoms. The van der Waals surface area contributed by atoms with E-state index in [1.54, 1.807) is 0 Å². The van der Waals surface area contributed by atoms with Gasteiger partial charge in [0, 0.05) is 17.7 Å². The second-order valence-electron chi connectivity index (χ2n) is 1.83. The van der Waals surface area contributed by atoms with E-state index in [9.17, 15) is 8.78 Å². The van der Waals surface area contributed by atoms with Gasteiger partial charge in [0.2, 0.25) is 0 Å². The fourth-order valence-corrected chi connectivity index (χ4v) is 0.613. The summed E-state index contributed by atoms with van der Waals surface area (Å²) in [4.78, 5) is 0. The van der Waals surface area contributed by atoms with Crippen molar-refractivity contribution in [2.24, 2.45) is 5.16 Å². The van der Waals surface area contributed by atoms with Crippen LogP contribution in [0.3, 0.4) is 0 Å². The van der Waals surface area contributed by atoms with Gasteiger partial charge in [0.25, 0.3) is 0 Å². The van der Waals surface area contributed by atoms with Gasteiger partial charge in [-0.25, -0.2) is 8.78 Å². The molecule has 0 aliphatic rings. The quantitative estimate of drug-likeness (QED) is 0.373. The number of rotatable bonds is 1. The van der Waals surface area contributed by atoms with Crippen molar-refractivity contribution >= 4 is 6.21 Å². The van der Waals surface area contributed by atoms with E-state index in [-0.39, 0.29) is 5.56 Å². The maximum Gasteiger partial charge on any atom is 0.135 e. The van der Waals surface area contributed by atoms with E-state index in [1.807, 2.05) is 0 Å². The molecule has 0 aliphatic heterocycles. The number of benzene rings is 1. The largest absolute Gasteiger partial charge is 0.411 e. The smallest absolute Gasteiger partial charge is 0.135 e. The highest BCUT2D eigenvalue weighted by Crippen LogP contribution is 2.05. The zero-order chi connectivity index (χ0) is 8.27.